The molecular formula is C27H30N4O3. The third-order valence-corrected chi connectivity index (χ3v) is 5.93. The van der Waals surface area contributed by atoms with Crippen LogP contribution in [0, 0.1) is 0 Å². The van der Waals surface area contributed by atoms with Crippen LogP contribution in [0.25, 0.3) is 6.08 Å². The van der Waals surface area contributed by atoms with Crippen LogP contribution in [0.4, 0.5) is 0 Å². The average Bonchev–Trinajstić information content (AvgIpc) is 3.41. The molecule has 1 aliphatic heterocycles. The lowest BCUT2D eigenvalue weighted by atomic mass is 9.96. The van der Waals surface area contributed by atoms with Crippen LogP contribution in [0.1, 0.15) is 29.3 Å². The summed E-state index contributed by atoms with van der Waals surface area (Å²) in [5.74, 6) is -0.0535. The minimum absolute atomic E-state index is 0.214. The van der Waals surface area contributed by atoms with E-state index in [9.17, 15) is 9.59 Å². The highest BCUT2D eigenvalue weighted by Gasteiger charge is 2.26. The normalized spacial score (nSPS) is 15.0. The Kier molecular flexibility index (Phi) is 8.27. The lowest BCUT2D eigenvalue weighted by molar-refractivity contribution is -0.127. The minimum Gasteiger partial charge on any atom is -0.465 e. The van der Waals surface area contributed by atoms with Gasteiger partial charge < -0.3 is 9.32 Å². The summed E-state index contributed by atoms with van der Waals surface area (Å²) in [6.45, 7) is 4.28. The van der Waals surface area contributed by atoms with Crippen LogP contribution in [-0.4, -0.2) is 54.3 Å². The second kappa shape index (κ2) is 12.0. The average molecular weight is 459 g/mol. The van der Waals surface area contributed by atoms with Crippen LogP contribution in [0.15, 0.2) is 89.6 Å². The van der Waals surface area contributed by atoms with E-state index in [0.717, 1.165) is 26.2 Å². The van der Waals surface area contributed by atoms with Gasteiger partial charge in [-0.05, 0) is 29.3 Å². The monoisotopic (exact) mass is 458 g/mol. The van der Waals surface area contributed by atoms with Crippen LogP contribution in [-0.2, 0) is 9.59 Å². The van der Waals surface area contributed by atoms with Crippen molar-refractivity contribution in [2.24, 2.45) is 0 Å². The first-order valence-corrected chi connectivity index (χ1v) is 11.6. The Balaban J connectivity index is 1.22. The van der Waals surface area contributed by atoms with Gasteiger partial charge in [-0.3, -0.25) is 25.3 Å². The molecule has 0 radical (unpaired) electrons. The Labute approximate surface area is 200 Å². The first kappa shape index (κ1) is 23.5. The number of nitrogens with one attached hydrogen (secondary N) is 2. The van der Waals surface area contributed by atoms with Crippen LogP contribution >= 0.6 is 0 Å². The molecule has 2 aromatic carbocycles. The molecule has 0 unspecified atom stereocenters. The molecule has 0 spiro atoms. The van der Waals surface area contributed by atoms with Gasteiger partial charge in [0, 0.05) is 45.2 Å². The number of hydrazine groups is 1. The number of carbonyl (C=O) groups excluding carboxylic acids is 2. The Morgan fingerprint density at radius 2 is 1.50 bits per heavy atom. The van der Waals surface area contributed by atoms with Crippen molar-refractivity contribution >= 4 is 17.9 Å². The fourth-order valence-electron chi connectivity index (χ4n) is 4.17. The van der Waals surface area contributed by atoms with E-state index in [-0.39, 0.29) is 11.9 Å². The number of hydrogen-bond donors (Lipinski definition) is 2. The summed E-state index contributed by atoms with van der Waals surface area (Å²) in [6.07, 6.45) is 4.71. The van der Waals surface area contributed by atoms with Gasteiger partial charge in [-0.2, -0.15) is 0 Å². The maximum absolute atomic E-state index is 12.2. The summed E-state index contributed by atoms with van der Waals surface area (Å²) < 4.78 is 5.12. The third-order valence-electron chi connectivity index (χ3n) is 5.93. The smallest absolute Gasteiger partial charge is 0.262 e. The number of furan rings is 1. The summed E-state index contributed by atoms with van der Waals surface area (Å²) >= 11 is 0. The maximum atomic E-state index is 12.2. The fourth-order valence-corrected chi connectivity index (χ4v) is 4.17. The maximum Gasteiger partial charge on any atom is 0.262 e. The topological polar surface area (TPSA) is 77.8 Å². The Morgan fingerprint density at radius 3 is 2.09 bits per heavy atom. The zero-order valence-electron chi connectivity index (χ0n) is 19.1. The molecule has 0 saturated carbocycles. The predicted octanol–water partition coefficient (Wildman–Crippen LogP) is 3.24. The zero-order chi connectivity index (χ0) is 23.6. The Hall–Kier alpha value is -3.68. The molecule has 176 valence electrons. The van der Waals surface area contributed by atoms with Gasteiger partial charge in [0.2, 0.25) is 5.91 Å². The van der Waals surface area contributed by atoms with Crippen molar-refractivity contribution in [3.8, 4) is 0 Å². The quantitative estimate of drug-likeness (QED) is 0.400. The van der Waals surface area contributed by atoms with Gasteiger partial charge >= 0.3 is 0 Å². The van der Waals surface area contributed by atoms with E-state index >= 15 is 0 Å². The van der Waals surface area contributed by atoms with Crippen molar-refractivity contribution in [1.29, 1.82) is 0 Å². The second-order valence-corrected chi connectivity index (χ2v) is 8.24. The molecule has 2 N–H and O–H groups in total. The lowest BCUT2D eigenvalue weighted by Gasteiger charge is -2.39. The molecule has 34 heavy (non-hydrogen) atoms. The minimum atomic E-state index is -0.411. The molecule has 2 amide bonds. The number of piperazine rings is 1. The molecule has 3 aromatic rings. The van der Waals surface area contributed by atoms with Crippen molar-refractivity contribution in [3.05, 3.63) is 102 Å². The van der Waals surface area contributed by atoms with E-state index in [1.807, 2.05) is 12.1 Å². The van der Waals surface area contributed by atoms with Crippen LogP contribution in [0.3, 0.4) is 0 Å². The van der Waals surface area contributed by atoms with Gasteiger partial charge in [-0.25, -0.2) is 0 Å². The summed E-state index contributed by atoms with van der Waals surface area (Å²) in [6, 6.07) is 24.9. The van der Waals surface area contributed by atoms with Gasteiger partial charge in [0.15, 0.2) is 0 Å². The summed E-state index contributed by atoms with van der Waals surface area (Å²) in [5, 5.41) is 0. The molecule has 0 aliphatic carbocycles. The summed E-state index contributed by atoms with van der Waals surface area (Å²) in [4.78, 5) is 28.8. The fraction of sp³-hybridized carbons (Fsp3) is 0.259. The number of benzene rings is 2. The Bertz CT molecular complexity index is 1020. The molecule has 1 aromatic heterocycles. The van der Waals surface area contributed by atoms with E-state index in [1.165, 1.54) is 23.5 Å². The first-order chi connectivity index (χ1) is 16.7. The van der Waals surface area contributed by atoms with E-state index in [0.29, 0.717) is 18.7 Å². The molecule has 0 bridgehead atoms. The van der Waals surface area contributed by atoms with E-state index < -0.39 is 5.91 Å². The molecule has 1 aliphatic rings. The lowest BCUT2D eigenvalue weighted by Crippen LogP contribution is -2.49. The van der Waals surface area contributed by atoms with Crippen molar-refractivity contribution in [2.75, 3.05) is 32.7 Å². The number of amides is 2. The van der Waals surface area contributed by atoms with E-state index in [4.69, 9.17) is 4.42 Å². The highest BCUT2D eigenvalue weighted by atomic mass is 16.3. The molecule has 7 heteroatoms. The molecule has 2 heterocycles. The standard InChI is InChI=1S/C27H30N4O3/c32-25(14-13-24-12-7-21-34-24)28-29-26(33)15-16-30-17-19-31(20-18-30)27(22-8-3-1-4-9-22)23-10-5-2-6-11-23/h1-14,21,27H,15-20H2,(H,28,32)(H,29,33)/b14-13+. The van der Waals surface area contributed by atoms with Crippen molar-refractivity contribution in [1.82, 2.24) is 20.7 Å². The second-order valence-electron chi connectivity index (χ2n) is 8.24. The molecule has 4 rings (SSSR count). The first-order valence-electron chi connectivity index (χ1n) is 11.6. The van der Waals surface area contributed by atoms with Crippen LogP contribution < -0.4 is 10.9 Å². The number of nitrogens with zero attached hydrogens (tertiary/aromatic N) is 2. The number of hydrogen-bond acceptors (Lipinski definition) is 5. The SMILES string of the molecule is O=C(/C=C/c1ccco1)NNC(=O)CCN1CCN(C(c2ccccc2)c2ccccc2)CC1. The zero-order valence-corrected chi connectivity index (χ0v) is 19.1. The molecule has 1 fully saturated rings. The van der Waals surface area contributed by atoms with Crippen molar-refractivity contribution < 1.29 is 14.0 Å². The van der Waals surface area contributed by atoms with Crippen LogP contribution in [0.5, 0.6) is 0 Å². The van der Waals surface area contributed by atoms with Gasteiger partial charge in [0.25, 0.3) is 5.91 Å². The molecule has 7 nitrogen and oxygen atoms in total. The van der Waals surface area contributed by atoms with Gasteiger partial charge in [-0.1, -0.05) is 60.7 Å². The van der Waals surface area contributed by atoms with Gasteiger partial charge in [-0.15, -0.1) is 0 Å². The number of rotatable bonds is 8. The molecule has 0 atom stereocenters. The third kappa shape index (κ3) is 6.66. The van der Waals surface area contributed by atoms with Crippen LogP contribution in [0.2, 0.25) is 0 Å². The summed E-state index contributed by atoms with van der Waals surface area (Å²) in [5.41, 5.74) is 7.44. The van der Waals surface area contributed by atoms with Gasteiger partial charge in [0.1, 0.15) is 5.76 Å². The van der Waals surface area contributed by atoms with Crippen molar-refractivity contribution in [2.45, 2.75) is 12.5 Å². The molecule has 1 saturated heterocycles. The van der Waals surface area contributed by atoms with Crippen molar-refractivity contribution in [3.63, 3.8) is 0 Å². The summed E-state index contributed by atoms with van der Waals surface area (Å²) in [7, 11) is 0. The highest BCUT2D eigenvalue weighted by molar-refractivity contribution is 5.92. The number of carbonyl (C=O) groups is 2. The van der Waals surface area contributed by atoms with E-state index in [1.54, 1.807) is 18.2 Å². The molecular weight excluding hydrogens is 428 g/mol. The highest BCUT2D eigenvalue weighted by Crippen LogP contribution is 2.29. The predicted molar refractivity (Wildman–Crippen MR) is 131 cm³/mol. The van der Waals surface area contributed by atoms with Gasteiger partial charge in [0.05, 0.1) is 12.3 Å². The largest absolute Gasteiger partial charge is 0.465 e. The van der Waals surface area contributed by atoms with E-state index in [2.05, 4.69) is 69.2 Å². The Morgan fingerprint density at radius 1 is 0.853 bits per heavy atom.